The molecule has 23 heavy (non-hydrogen) atoms. The summed E-state index contributed by atoms with van der Waals surface area (Å²) >= 11 is 0. The molecule has 4 aliphatic rings. The van der Waals surface area contributed by atoms with Gasteiger partial charge in [-0.1, -0.05) is 18.2 Å². The maximum Gasteiger partial charge on any atom is 0.165 e. The number of likely N-dealkylation sites (tertiary alicyclic amines) is 1. The number of benzene rings is 1. The summed E-state index contributed by atoms with van der Waals surface area (Å²) in [5.74, 6) is 2.32. The van der Waals surface area contributed by atoms with Gasteiger partial charge in [0.2, 0.25) is 0 Å². The number of likely N-dealkylation sites (N-methyl/N-ethyl adjacent to an activating group) is 1. The van der Waals surface area contributed by atoms with Crippen LogP contribution in [0.5, 0.6) is 11.5 Å². The van der Waals surface area contributed by atoms with E-state index in [0.717, 1.165) is 30.9 Å². The van der Waals surface area contributed by atoms with Crippen molar-refractivity contribution in [3.05, 3.63) is 35.4 Å². The van der Waals surface area contributed by atoms with Gasteiger partial charge in [-0.25, -0.2) is 0 Å². The Morgan fingerprint density at radius 1 is 1.26 bits per heavy atom. The van der Waals surface area contributed by atoms with E-state index in [1.807, 2.05) is 0 Å². The highest BCUT2D eigenvalue weighted by Crippen LogP contribution is 2.62. The van der Waals surface area contributed by atoms with Crippen molar-refractivity contribution in [3.63, 3.8) is 0 Å². The molecule has 1 aromatic rings. The van der Waals surface area contributed by atoms with Gasteiger partial charge in [0.05, 0.1) is 7.11 Å². The summed E-state index contributed by atoms with van der Waals surface area (Å²) in [6, 6.07) is 4.86. The molecule has 0 aromatic heterocycles. The third kappa shape index (κ3) is 1.49. The van der Waals surface area contributed by atoms with E-state index >= 15 is 0 Å². The highest BCUT2D eigenvalue weighted by molar-refractivity contribution is 5.62. The molecule has 1 saturated heterocycles. The van der Waals surface area contributed by atoms with Crippen LogP contribution < -0.4 is 9.47 Å². The van der Waals surface area contributed by atoms with Crippen LogP contribution in [-0.4, -0.2) is 51.0 Å². The Labute approximate surface area is 137 Å². The number of hydrogen-bond acceptors (Lipinski definition) is 4. The largest absolute Gasteiger partial charge is 0.493 e. The van der Waals surface area contributed by atoms with Gasteiger partial charge in [0.15, 0.2) is 11.5 Å². The molecule has 1 spiro atoms. The lowest BCUT2D eigenvalue weighted by molar-refractivity contribution is -0.0581. The molecule has 5 atom stereocenters. The smallest absolute Gasteiger partial charge is 0.165 e. The molecule has 0 N–H and O–H groups in total. The van der Waals surface area contributed by atoms with E-state index in [1.54, 1.807) is 14.2 Å². The van der Waals surface area contributed by atoms with Crippen LogP contribution in [0.2, 0.25) is 0 Å². The monoisotopic (exact) mass is 313 g/mol. The highest BCUT2D eigenvalue weighted by Gasteiger charge is 2.64. The zero-order valence-corrected chi connectivity index (χ0v) is 13.9. The number of piperidine rings is 1. The molecule has 1 fully saturated rings. The Morgan fingerprint density at radius 3 is 2.91 bits per heavy atom. The second-order valence-electron chi connectivity index (χ2n) is 7.32. The van der Waals surface area contributed by atoms with Crippen molar-refractivity contribution >= 4 is 0 Å². The molecular formula is C19H23NO3. The van der Waals surface area contributed by atoms with Crippen molar-refractivity contribution in [2.24, 2.45) is 5.92 Å². The van der Waals surface area contributed by atoms with Gasteiger partial charge >= 0.3 is 0 Å². The lowest BCUT2D eigenvalue weighted by Crippen LogP contribution is -2.65. The second-order valence-corrected chi connectivity index (χ2v) is 7.32. The fourth-order valence-electron chi connectivity index (χ4n) is 5.57. The fraction of sp³-hybridized carbons (Fsp3) is 0.579. The predicted molar refractivity (Wildman–Crippen MR) is 87.3 cm³/mol. The van der Waals surface area contributed by atoms with Crippen LogP contribution in [0.3, 0.4) is 0 Å². The molecule has 0 radical (unpaired) electrons. The zero-order chi connectivity index (χ0) is 15.8. The standard InChI is InChI=1S/C19H23NO3/c1-20-9-8-19-12-5-7-15(22-3)18(19)23-17-14(21-2)6-4-11(16(17)19)10-13(12)20/h4-7,12-13,15,18H,8-10H2,1-3H3/t12?,13-,15+,18+,19?/m1/s1. The van der Waals surface area contributed by atoms with Crippen molar-refractivity contribution < 1.29 is 14.2 Å². The number of hydrogen-bond donors (Lipinski definition) is 0. The minimum absolute atomic E-state index is 0.0124. The summed E-state index contributed by atoms with van der Waals surface area (Å²) < 4.78 is 17.9. The average Bonchev–Trinajstić information content (AvgIpc) is 2.92. The molecule has 0 saturated carbocycles. The molecule has 0 amide bonds. The van der Waals surface area contributed by atoms with E-state index in [0.29, 0.717) is 12.0 Å². The van der Waals surface area contributed by atoms with Gasteiger partial charge in [0.1, 0.15) is 12.2 Å². The Hall–Kier alpha value is -1.52. The van der Waals surface area contributed by atoms with Gasteiger partial charge < -0.3 is 19.1 Å². The molecule has 2 heterocycles. The van der Waals surface area contributed by atoms with Crippen molar-refractivity contribution in [3.8, 4) is 11.5 Å². The first kappa shape index (κ1) is 13.9. The predicted octanol–water partition coefficient (Wildman–Crippen LogP) is 2.16. The molecule has 2 aliphatic heterocycles. The number of rotatable bonds is 2. The van der Waals surface area contributed by atoms with Gasteiger partial charge in [0, 0.05) is 30.0 Å². The third-order valence-electron chi connectivity index (χ3n) is 6.61. The highest BCUT2D eigenvalue weighted by atomic mass is 16.6. The van der Waals surface area contributed by atoms with Gasteiger partial charge in [-0.05, 0) is 38.1 Å². The first-order chi connectivity index (χ1) is 11.2. The van der Waals surface area contributed by atoms with E-state index in [2.05, 4.69) is 36.2 Å². The molecule has 5 rings (SSSR count). The number of methoxy groups -OCH3 is 2. The second kappa shape index (κ2) is 4.52. The SMILES string of the molecule is COc1ccc2c3c1O[C@H]1[C@@H](OC)C=CC4[C@@H](C2)N(C)CCC341. The van der Waals surface area contributed by atoms with Crippen molar-refractivity contribution in [1.82, 2.24) is 4.90 Å². The minimum atomic E-state index is 0.0124. The molecule has 1 aromatic carbocycles. The first-order valence-corrected chi connectivity index (χ1v) is 8.49. The molecule has 2 unspecified atom stereocenters. The summed E-state index contributed by atoms with van der Waals surface area (Å²) in [5.41, 5.74) is 2.88. The summed E-state index contributed by atoms with van der Waals surface area (Å²) in [6.07, 6.45) is 6.89. The molecule has 2 bridgehead atoms. The van der Waals surface area contributed by atoms with Crippen LogP contribution in [0.25, 0.3) is 0 Å². The van der Waals surface area contributed by atoms with E-state index in [4.69, 9.17) is 14.2 Å². The van der Waals surface area contributed by atoms with Crippen molar-refractivity contribution in [2.75, 3.05) is 27.8 Å². The lowest BCUT2D eigenvalue weighted by Gasteiger charge is -2.56. The third-order valence-corrected chi connectivity index (χ3v) is 6.61. The van der Waals surface area contributed by atoms with Gasteiger partial charge in [-0.2, -0.15) is 0 Å². The molecule has 2 aliphatic carbocycles. The zero-order valence-electron chi connectivity index (χ0n) is 13.9. The van der Waals surface area contributed by atoms with E-state index in [1.165, 1.54) is 11.1 Å². The van der Waals surface area contributed by atoms with E-state index < -0.39 is 0 Å². The van der Waals surface area contributed by atoms with Crippen molar-refractivity contribution in [2.45, 2.75) is 36.5 Å². The van der Waals surface area contributed by atoms with Gasteiger partial charge in [0.25, 0.3) is 0 Å². The van der Waals surface area contributed by atoms with Crippen LogP contribution in [0, 0.1) is 5.92 Å². The average molecular weight is 313 g/mol. The fourth-order valence-corrected chi connectivity index (χ4v) is 5.57. The van der Waals surface area contributed by atoms with Crippen LogP contribution in [0.1, 0.15) is 17.5 Å². The van der Waals surface area contributed by atoms with Gasteiger partial charge in [-0.15, -0.1) is 0 Å². The Bertz CT molecular complexity index is 700. The minimum Gasteiger partial charge on any atom is -0.493 e. The summed E-state index contributed by atoms with van der Waals surface area (Å²) in [7, 11) is 5.77. The molecule has 122 valence electrons. The van der Waals surface area contributed by atoms with E-state index in [-0.39, 0.29) is 17.6 Å². The Morgan fingerprint density at radius 2 is 2.13 bits per heavy atom. The normalized spacial score (nSPS) is 39.8. The van der Waals surface area contributed by atoms with Crippen LogP contribution >= 0.6 is 0 Å². The van der Waals surface area contributed by atoms with Crippen LogP contribution in [-0.2, 0) is 16.6 Å². The van der Waals surface area contributed by atoms with Crippen molar-refractivity contribution in [1.29, 1.82) is 0 Å². The quantitative estimate of drug-likeness (QED) is 0.783. The lowest BCUT2D eigenvalue weighted by atomic mass is 9.53. The Balaban J connectivity index is 1.80. The van der Waals surface area contributed by atoms with E-state index in [9.17, 15) is 0 Å². The first-order valence-electron chi connectivity index (χ1n) is 8.49. The molecule has 4 heteroatoms. The summed E-state index contributed by atoms with van der Waals surface area (Å²) in [6.45, 7) is 1.11. The molecule has 4 nitrogen and oxygen atoms in total. The number of ether oxygens (including phenoxy) is 3. The summed E-state index contributed by atoms with van der Waals surface area (Å²) in [4.78, 5) is 2.52. The maximum atomic E-state index is 6.52. The Kier molecular flexibility index (Phi) is 2.73. The summed E-state index contributed by atoms with van der Waals surface area (Å²) in [5, 5.41) is 0. The number of nitrogens with zero attached hydrogens (tertiary/aromatic N) is 1. The molecular weight excluding hydrogens is 290 g/mol. The van der Waals surface area contributed by atoms with Crippen LogP contribution in [0.4, 0.5) is 0 Å². The van der Waals surface area contributed by atoms with Crippen LogP contribution in [0.15, 0.2) is 24.3 Å². The topological polar surface area (TPSA) is 30.9 Å². The van der Waals surface area contributed by atoms with Gasteiger partial charge in [-0.3, -0.25) is 0 Å². The maximum absolute atomic E-state index is 6.52.